The summed E-state index contributed by atoms with van der Waals surface area (Å²) in [5.74, 6) is -0.242. The van der Waals surface area contributed by atoms with E-state index in [0.717, 1.165) is 52.5 Å². The normalized spacial score (nSPS) is 19.8. The summed E-state index contributed by atoms with van der Waals surface area (Å²) in [7, 11) is -4.71. The zero-order valence-corrected chi connectivity index (χ0v) is 66.7. The third kappa shape index (κ3) is 26.1. The Balaban J connectivity index is 3.03. The second kappa shape index (κ2) is 38.6. The largest absolute Gasteiger partial charge is 0.497 e. The molecule has 0 spiro atoms. The molecule has 1 heterocycles. The molecule has 3 N–H and O–H groups in total. The van der Waals surface area contributed by atoms with Crippen molar-refractivity contribution in [3.8, 4) is 5.75 Å². The highest BCUT2D eigenvalue weighted by Crippen LogP contribution is 2.54. The van der Waals surface area contributed by atoms with Crippen LogP contribution in [0.1, 0.15) is 136 Å². The van der Waals surface area contributed by atoms with E-state index < -0.39 is 93.1 Å². The number of rotatable bonds is 43. The summed E-state index contributed by atoms with van der Waals surface area (Å²) < 4.78 is 59.3. The lowest BCUT2D eigenvalue weighted by Crippen LogP contribution is -2.54. The molecule has 1 aromatic carbocycles. The van der Waals surface area contributed by atoms with Crippen molar-refractivity contribution in [1.29, 1.82) is 0 Å². The molecule has 1 aromatic rings. The molecule has 1 aliphatic rings. The van der Waals surface area contributed by atoms with Gasteiger partial charge in [-0.2, -0.15) is 0 Å². The Labute approximate surface area is 556 Å². The van der Waals surface area contributed by atoms with Gasteiger partial charge in [-0.1, -0.05) is 173 Å². The van der Waals surface area contributed by atoms with Crippen molar-refractivity contribution in [2.45, 2.75) is 270 Å². The van der Waals surface area contributed by atoms with Crippen molar-refractivity contribution in [3.63, 3.8) is 0 Å². The molecule has 1 saturated heterocycles. The number of methoxy groups -OCH3 is 2. The third-order valence-electron chi connectivity index (χ3n) is 19.1. The summed E-state index contributed by atoms with van der Waals surface area (Å²) in [5.41, 5.74) is 3.77. The molecule has 1 aliphatic heterocycles. The van der Waals surface area contributed by atoms with Crippen molar-refractivity contribution in [2.24, 2.45) is 35.5 Å². The number of ether oxygens (including phenoxy) is 7. The first-order chi connectivity index (χ1) is 41.2. The van der Waals surface area contributed by atoms with E-state index in [1.807, 2.05) is 74.6 Å². The number of benzene rings is 1. The lowest BCUT2D eigenvalue weighted by molar-refractivity contribution is -0.188. The fraction of sp³-hybridized carbons (Fsp3) is 0.814. The van der Waals surface area contributed by atoms with Gasteiger partial charge in [-0.15, -0.1) is 23.5 Å². The molecule has 0 aliphatic carbocycles. The van der Waals surface area contributed by atoms with Crippen LogP contribution in [0, 0.1) is 35.5 Å². The van der Waals surface area contributed by atoms with E-state index in [1.165, 1.54) is 0 Å². The second-order valence-electron chi connectivity index (χ2n) is 30.8. The van der Waals surface area contributed by atoms with Crippen molar-refractivity contribution in [3.05, 3.63) is 65.3 Å². The minimum atomic E-state index is -2.65. The predicted molar refractivity (Wildman–Crippen MR) is 387 cm³/mol. The van der Waals surface area contributed by atoms with E-state index in [4.69, 9.17) is 42.0 Å². The molecule has 2 rings (SSSR count). The van der Waals surface area contributed by atoms with Gasteiger partial charge >= 0.3 is 5.97 Å². The van der Waals surface area contributed by atoms with Crippen LogP contribution in [0.2, 0.25) is 86.1 Å². The smallest absolute Gasteiger partial charge is 0.335 e. The number of carbonyl (C=O) groups is 1. The van der Waals surface area contributed by atoms with Gasteiger partial charge in [0.1, 0.15) is 19.3 Å². The Hall–Kier alpha value is -1.12. The number of thioether (sulfide) groups is 2. The van der Waals surface area contributed by atoms with E-state index in [2.05, 4.69) is 168 Å². The zero-order valence-electron chi connectivity index (χ0n) is 61.1. The summed E-state index contributed by atoms with van der Waals surface area (Å²) >= 11 is 4.01. The number of allylic oxidation sites excluding steroid dienone is 4. The zero-order chi connectivity index (χ0) is 68.0. The van der Waals surface area contributed by atoms with E-state index in [9.17, 15) is 20.1 Å². The summed E-state index contributed by atoms with van der Waals surface area (Å²) in [6.45, 7) is 57.3. The summed E-state index contributed by atoms with van der Waals surface area (Å²) in [4.78, 5) is 13.4. The van der Waals surface area contributed by atoms with Gasteiger partial charge in [0.05, 0.1) is 61.0 Å². The van der Waals surface area contributed by atoms with Gasteiger partial charge in [0.25, 0.3) is 0 Å². The van der Waals surface area contributed by atoms with Gasteiger partial charge in [0.15, 0.2) is 14.4 Å². The summed E-state index contributed by atoms with van der Waals surface area (Å²) in [5, 5.41) is 35.3. The summed E-state index contributed by atoms with van der Waals surface area (Å²) in [6, 6.07) is 9.80. The SMILES string of the molecule is C/C=C\[C@H](C)/C=C(\C)[C@@H](OCOCC[Si](C)(C)C)[C@@H](CO)[C@@H](O)[C@H](C)[C@H](CC1([C@@H](C)/C=C(\C)[C@H](O[Si](C(C)C)(C(C)C)C(C)C)[C@@H](C)[C@H](OCc2ccc(OC)cc2)[C@@H](C)[C@H](OC)[C@@H](OCOCC[Si](C)(C)C)C(=O)O)SCCCS1)O[Si](C)(C)C(C)(C)C. The average Bonchev–Trinajstić information content (AvgIpc) is 0.845. The molecule has 13 atom stereocenters. The van der Waals surface area contributed by atoms with Crippen LogP contribution >= 0.6 is 23.5 Å². The quantitative estimate of drug-likeness (QED) is 0.0245. The van der Waals surface area contributed by atoms with Gasteiger partial charge < -0.3 is 57.3 Å². The van der Waals surface area contributed by atoms with E-state index >= 15 is 0 Å². The minimum absolute atomic E-state index is 0.0240. The standard InChI is InChI=1S/C70H132O13S2Si4/c1-28-30-51(8)41-52(9)64(80-46-77-35-39-86(20,21)22)60(44-71)62(72)55(12)61(82-88(26,27)69(15,16)17)43-70(84-37-29-38-85-70)54(11)42-53(10)63(83-89(48(2)3,49(4)5)50(6)7)56(13)65(79-45-58-31-33-59(75-18)34-32-58)57(14)66(76-19)67(68(73)74)81-47-78-36-40-87(23,24)25/h28,30-34,41-42,48-51,54-57,60-67,71-72H,29,35-40,43-47H2,1-27H3,(H,73,74)/b30-28-,52-41+,53-42+/t51-,54-,55+,56+,57+,60-,61-,62-,63-,64+,65-,66-,67+/m0/s1. The van der Waals surface area contributed by atoms with E-state index in [-0.39, 0.29) is 76.4 Å². The van der Waals surface area contributed by atoms with Gasteiger partial charge in [0.2, 0.25) is 8.32 Å². The fourth-order valence-electron chi connectivity index (χ4n) is 12.7. The molecular weight excluding hydrogens is 1230 g/mol. The lowest BCUT2D eigenvalue weighted by atomic mass is 9.80. The third-order valence-corrected chi connectivity index (χ3v) is 36.9. The molecule has 0 bridgehead atoms. The highest BCUT2D eigenvalue weighted by atomic mass is 32.2. The van der Waals surface area contributed by atoms with Gasteiger partial charge in [-0.3, -0.25) is 0 Å². The van der Waals surface area contributed by atoms with Gasteiger partial charge in [0, 0.05) is 60.1 Å². The topological polar surface area (TPSA) is 161 Å². The van der Waals surface area contributed by atoms with Crippen LogP contribution in [0.4, 0.5) is 0 Å². The lowest BCUT2D eigenvalue weighted by Gasteiger charge is -2.49. The highest BCUT2D eigenvalue weighted by molar-refractivity contribution is 8.18. The Bertz CT molecular complexity index is 2230. The second-order valence-corrected chi connectivity index (χ2v) is 55.3. The number of aliphatic hydroxyl groups excluding tert-OH is 2. The van der Waals surface area contributed by atoms with E-state index in [1.54, 1.807) is 14.2 Å². The Kier molecular flexibility index (Phi) is 36.4. The molecule has 0 aromatic heterocycles. The monoisotopic (exact) mass is 1360 g/mol. The highest BCUT2D eigenvalue weighted by Gasteiger charge is 2.52. The van der Waals surface area contributed by atoms with Crippen molar-refractivity contribution in [1.82, 2.24) is 0 Å². The Morgan fingerprint density at radius 3 is 1.63 bits per heavy atom. The molecule has 89 heavy (non-hydrogen) atoms. The maximum atomic E-state index is 13.4. The fourth-order valence-corrected chi connectivity index (χ4v) is 24.8. The van der Waals surface area contributed by atoms with Gasteiger partial charge in [-0.25, -0.2) is 4.79 Å². The maximum Gasteiger partial charge on any atom is 0.335 e. The number of hydrogen-bond acceptors (Lipinski definition) is 14. The van der Waals surface area contributed by atoms with Crippen LogP contribution in [-0.2, 0) is 48.7 Å². The summed E-state index contributed by atoms with van der Waals surface area (Å²) in [6.07, 6.45) is 5.26. The first kappa shape index (κ1) is 84.0. The van der Waals surface area contributed by atoms with Crippen LogP contribution < -0.4 is 4.74 Å². The van der Waals surface area contributed by atoms with E-state index in [0.29, 0.717) is 19.6 Å². The first-order valence-electron chi connectivity index (χ1n) is 33.5. The number of aliphatic carboxylic acids is 1. The predicted octanol–water partition coefficient (Wildman–Crippen LogP) is 17.6. The Morgan fingerprint density at radius 2 is 1.19 bits per heavy atom. The molecule has 518 valence electrons. The van der Waals surface area contributed by atoms with Crippen LogP contribution in [0.25, 0.3) is 0 Å². The number of carboxylic acid groups (broad SMARTS) is 1. The van der Waals surface area contributed by atoms with Crippen LogP contribution in [0.15, 0.2) is 59.7 Å². The number of aliphatic hydroxyl groups is 2. The van der Waals surface area contributed by atoms with Crippen LogP contribution in [-0.4, -0.2) is 160 Å². The number of carboxylic acids is 1. The molecule has 0 unspecified atom stereocenters. The molecule has 1 fully saturated rings. The van der Waals surface area contributed by atoms with Crippen molar-refractivity contribution >= 4 is 62.3 Å². The van der Waals surface area contributed by atoms with Crippen LogP contribution in [0.5, 0.6) is 5.75 Å². The molecular formula is C70H132O13S2Si4. The first-order valence-corrected chi connectivity index (χ1v) is 47.9. The number of hydrogen-bond donors (Lipinski definition) is 3. The van der Waals surface area contributed by atoms with Crippen molar-refractivity contribution < 1.29 is 62.1 Å². The van der Waals surface area contributed by atoms with Gasteiger partial charge in [-0.05, 0) is 133 Å². The van der Waals surface area contributed by atoms with Crippen molar-refractivity contribution in [2.75, 3.05) is 59.1 Å². The molecule has 13 nitrogen and oxygen atoms in total. The molecule has 0 amide bonds. The van der Waals surface area contributed by atoms with Crippen LogP contribution in [0.3, 0.4) is 0 Å². The molecule has 0 radical (unpaired) electrons. The Morgan fingerprint density at radius 1 is 0.685 bits per heavy atom. The molecule has 19 heteroatoms. The average molecular weight is 1360 g/mol. The minimum Gasteiger partial charge on any atom is -0.497 e. The molecule has 0 saturated carbocycles. The maximum absolute atomic E-state index is 13.4.